The number of hydrogen-bond donors (Lipinski definition) is 1. The molecule has 1 fully saturated rings. The van der Waals surface area contributed by atoms with Gasteiger partial charge < -0.3 is 10.6 Å². The predicted octanol–water partition coefficient (Wildman–Crippen LogP) is 4.05. The van der Waals surface area contributed by atoms with Crippen LogP contribution in [0.2, 0.25) is 5.02 Å². The lowest BCUT2D eigenvalue weighted by molar-refractivity contribution is 0.0918. The highest BCUT2D eigenvalue weighted by Gasteiger charge is 2.21. The Labute approximate surface area is 159 Å². The van der Waals surface area contributed by atoms with Gasteiger partial charge in [-0.3, -0.25) is 4.90 Å². The first-order valence-electron chi connectivity index (χ1n) is 9.27. The second kappa shape index (κ2) is 7.78. The molecule has 2 aliphatic heterocycles. The number of likely N-dealkylation sites (tertiary alicyclic amines) is 1. The predicted molar refractivity (Wildman–Crippen MR) is 106 cm³/mol. The molecule has 1 unspecified atom stereocenters. The Balaban J connectivity index is 1.58. The van der Waals surface area contributed by atoms with Crippen molar-refractivity contribution in [3.63, 3.8) is 0 Å². The van der Waals surface area contributed by atoms with E-state index in [1.54, 1.807) is 0 Å². The molecule has 0 radical (unpaired) electrons. The van der Waals surface area contributed by atoms with Crippen molar-refractivity contribution < 1.29 is 4.84 Å². The van der Waals surface area contributed by atoms with E-state index in [-0.39, 0.29) is 6.10 Å². The van der Waals surface area contributed by atoms with Gasteiger partial charge >= 0.3 is 0 Å². The Kier molecular flexibility index (Phi) is 5.25. The largest absolute Gasteiger partial charge is 0.390 e. The molecular formula is C21H24ClN3O. The van der Waals surface area contributed by atoms with Crippen LogP contribution in [-0.4, -0.2) is 36.3 Å². The lowest BCUT2D eigenvalue weighted by atomic mass is 9.96. The summed E-state index contributed by atoms with van der Waals surface area (Å²) in [4.78, 5) is 7.85. The minimum absolute atomic E-state index is 0.00432. The fraction of sp³-hybridized carbons (Fsp3) is 0.381. The average molecular weight is 370 g/mol. The SMILES string of the molecule is NCC1CC(c2ccc(-c3cc(Cl)ccc3CN3CCCC3)cc2)=NO1. The number of hydrogen-bond acceptors (Lipinski definition) is 4. The van der Waals surface area contributed by atoms with Gasteiger partial charge in [0.2, 0.25) is 0 Å². The van der Waals surface area contributed by atoms with Gasteiger partial charge in [-0.2, -0.15) is 0 Å². The van der Waals surface area contributed by atoms with E-state index in [1.165, 1.54) is 42.6 Å². The molecule has 1 saturated heterocycles. The first-order valence-corrected chi connectivity index (χ1v) is 9.65. The molecule has 0 spiro atoms. The molecule has 5 heteroatoms. The molecule has 2 aromatic rings. The van der Waals surface area contributed by atoms with Gasteiger partial charge in [-0.25, -0.2) is 0 Å². The van der Waals surface area contributed by atoms with Crippen molar-refractivity contribution in [3.8, 4) is 11.1 Å². The fourth-order valence-electron chi connectivity index (χ4n) is 3.70. The van der Waals surface area contributed by atoms with E-state index in [1.807, 2.05) is 6.07 Å². The molecule has 136 valence electrons. The molecule has 2 aliphatic rings. The smallest absolute Gasteiger partial charge is 0.145 e. The highest BCUT2D eigenvalue weighted by molar-refractivity contribution is 6.30. The van der Waals surface area contributed by atoms with Crippen LogP contribution in [0.1, 0.15) is 30.4 Å². The molecule has 0 bridgehead atoms. The van der Waals surface area contributed by atoms with E-state index in [0.717, 1.165) is 29.3 Å². The van der Waals surface area contributed by atoms with Crippen molar-refractivity contribution in [2.24, 2.45) is 10.9 Å². The second-order valence-electron chi connectivity index (χ2n) is 7.07. The Morgan fingerprint density at radius 3 is 2.50 bits per heavy atom. The van der Waals surface area contributed by atoms with Crippen molar-refractivity contribution >= 4 is 17.3 Å². The summed E-state index contributed by atoms with van der Waals surface area (Å²) in [5.41, 5.74) is 11.4. The summed E-state index contributed by atoms with van der Waals surface area (Å²) >= 11 is 6.29. The molecule has 2 heterocycles. The van der Waals surface area contributed by atoms with Crippen LogP contribution in [-0.2, 0) is 11.4 Å². The summed E-state index contributed by atoms with van der Waals surface area (Å²) < 4.78 is 0. The lowest BCUT2D eigenvalue weighted by Crippen LogP contribution is -2.20. The van der Waals surface area contributed by atoms with Crippen LogP contribution in [0, 0.1) is 0 Å². The van der Waals surface area contributed by atoms with Gasteiger partial charge in [-0.05, 0) is 60.3 Å². The third-order valence-electron chi connectivity index (χ3n) is 5.19. The Morgan fingerprint density at radius 1 is 1.08 bits per heavy atom. The van der Waals surface area contributed by atoms with Gasteiger partial charge in [-0.1, -0.05) is 47.1 Å². The maximum Gasteiger partial charge on any atom is 0.145 e. The Morgan fingerprint density at radius 2 is 1.81 bits per heavy atom. The van der Waals surface area contributed by atoms with E-state index >= 15 is 0 Å². The zero-order valence-electron chi connectivity index (χ0n) is 14.8. The van der Waals surface area contributed by atoms with Crippen LogP contribution < -0.4 is 5.73 Å². The fourth-order valence-corrected chi connectivity index (χ4v) is 3.88. The number of halogens is 1. The standard InChI is InChI=1S/C21H24ClN3O/c22-18-8-7-17(14-25-9-1-2-10-25)20(11-18)15-3-5-16(6-4-15)21-12-19(13-23)26-24-21/h3-8,11,19H,1-2,9-10,12-14,23H2. The molecule has 0 amide bonds. The molecule has 4 nitrogen and oxygen atoms in total. The Bertz CT molecular complexity index is 797. The van der Waals surface area contributed by atoms with E-state index in [0.29, 0.717) is 6.54 Å². The van der Waals surface area contributed by atoms with Crippen molar-refractivity contribution in [1.29, 1.82) is 0 Å². The number of rotatable bonds is 5. The maximum atomic E-state index is 6.29. The highest BCUT2D eigenvalue weighted by atomic mass is 35.5. The molecular weight excluding hydrogens is 346 g/mol. The van der Waals surface area contributed by atoms with E-state index in [4.69, 9.17) is 22.2 Å². The molecule has 26 heavy (non-hydrogen) atoms. The molecule has 0 aromatic heterocycles. The second-order valence-corrected chi connectivity index (χ2v) is 7.50. The van der Waals surface area contributed by atoms with Gasteiger partial charge in [0.15, 0.2) is 0 Å². The molecule has 0 saturated carbocycles. The molecule has 1 atom stereocenters. The summed E-state index contributed by atoms with van der Waals surface area (Å²) in [5.74, 6) is 0. The average Bonchev–Trinajstić information content (AvgIpc) is 3.35. The van der Waals surface area contributed by atoms with Gasteiger partial charge in [-0.15, -0.1) is 0 Å². The van der Waals surface area contributed by atoms with Crippen molar-refractivity contribution in [2.75, 3.05) is 19.6 Å². The number of benzene rings is 2. The molecule has 4 rings (SSSR count). The van der Waals surface area contributed by atoms with Gasteiger partial charge in [0.1, 0.15) is 6.10 Å². The first kappa shape index (κ1) is 17.5. The first-order chi connectivity index (χ1) is 12.7. The van der Waals surface area contributed by atoms with Crippen LogP contribution >= 0.6 is 11.6 Å². The van der Waals surface area contributed by atoms with Crippen LogP contribution in [0.15, 0.2) is 47.6 Å². The monoisotopic (exact) mass is 369 g/mol. The van der Waals surface area contributed by atoms with Crippen LogP contribution in [0.5, 0.6) is 0 Å². The van der Waals surface area contributed by atoms with Crippen molar-refractivity contribution in [3.05, 3.63) is 58.6 Å². The maximum absolute atomic E-state index is 6.29. The Hall–Kier alpha value is -1.88. The van der Waals surface area contributed by atoms with E-state index in [9.17, 15) is 0 Å². The van der Waals surface area contributed by atoms with E-state index in [2.05, 4.69) is 46.5 Å². The van der Waals surface area contributed by atoms with Crippen LogP contribution in [0.3, 0.4) is 0 Å². The normalized spacial score (nSPS) is 20.2. The topological polar surface area (TPSA) is 50.8 Å². The van der Waals surface area contributed by atoms with Gasteiger partial charge in [0, 0.05) is 24.5 Å². The van der Waals surface area contributed by atoms with Crippen LogP contribution in [0.4, 0.5) is 0 Å². The molecule has 2 N–H and O–H groups in total. The quantitative estimate of drug-likeness (QED) is 0.864. The third-order valence-corrected chi connectivity index (χ3v) is 5.42. The molecule has 0 aliphatic carbocycles. The summed E-state index contributed by atoms with van der Waals surface area (Å²) in [7, 11) is 0. The summed E-state index contributed by atoms with van der Waals surface area (Å²) in [6.45, 7) is 3.84. The zero-order chi connectivity index (χ0) is 17.9. The third kappa shape index (κ3) is 3.78. The molecule has 2 aromatic carbocycles. The summed E-state index contributed by atoms with van der Waals surface area (Å²) in [5, 5.41) is 4.94. The lowest BCUT2D eigenvalue weighted by Gasteiger charge is -2.18. The number of oxime groups is 1. The number of nitrogens with zero attached hydrogens (tertiary/aromatic N) is 2. The zero-order valence-corrected chi connectivity index (χ0v) is 15.6. The van der Waals surface area contributed by atoms with Crippen molar-refractivity contribution in [2.45, 2.75) is 31.9 Å². The van der Waals surface area contributed by atoms with E-state index < -0.39 is 0 Å². The van der Waals surface area contributed by atoms with Crippen LogP contribution in [0.25, 0.3) is 11.1 Å². The van der Waals surface area contributed by atoms with Gasteiger partial charge in [0.05, 0.1) is 5.71 Å². The number of nitrogens with two attached hydrogens (primary N) is 1. The summed E-state index contributed by atoms with van der Waals surface area (Å²) in [6, 6.07) is 14.7. The van der Waals surface area contributed by atoms with Crippen molar-refractivity contribution in [1.82, 2.24) is 4.90 Å². The minimum Gasteiger partial charge on any atom is -0.390 e. The summed E-state index contributed by atoms with van der Waals surface area (Å²) in [6.07, 6.45) is 3.37. The van der Waals surface area contributed by atoms with Gasteiger partial charge in [0.25, 0.3) is 0 Å². The minimum atomic E-state index is 0.00432. The highest BCUT2D eigenvalue weighted by Crippen LogP contribution is 2.30.